The molecular formula is C48H63ClN18O2. The second-order valence-electron chi connectivity index (χ2n) is 21.2. The van der Waals surface area contributed by atoms with Gasteiger partial charge in [0.1, 0.15) is 47.1 Å². The molecule has 0 unspecified atom stereocenters. The molecule has 3 N–H and O–H groups in total. The van der Waals surface area contributed by atoms with E-state index < -0.39 is 0 Å². The Balaban J connectivity index is 0.000000142. The number of anilines is 1. The number of imidazole rings is 4. The lowest BCUT2D eigenvalue weighted by molar-refractivity contribution is 0.0996. The van der Waals surface area contributed by atoms with E-state index >= 15 is 0 Å². The molecule has 10 heterocycles. The number of aliphatic imine (C=N–C) groups is 1. The van der Waals surface area contributed by atoms with E-state index in [1.807, 2.05) is 36.9 Å². The van der Waals surface area contributed by atoms with Gasteiger partial charge in [-0.25, -0.2) is 49.8 Å². The average Bonchev–Trinajstić information content (AvgIpc) is 4.09. The third kappa shape index (κ3) is 11.6. The number of hydrogen-bond donors (Lipinski definition) is 2. The third-order valence-corrected chi connectivity index (χ3v) is 10.9. The zero-order valence-corrected chi connectivity index (χ0v) is 42.9. The molecule has 0 radical (unpaired) electrons. The van der Waals surface area contributed by atoms with Crippen molar-refractivity contribution in [3.8, 4) is 0 Å². The molecule has 364 valence electrons. The monoisotopic (exact) mass is 959 g/mol. The number of rotatable bonds is 0. The molecule has 9 aromatic rings. The molecular weight excluding hydrogens is 896 g/mol. The van der Waals surface area contributed by atoms with Gasteiger partial charge in [-0.3, -0.25) is 14.6 Å². The molecule has 20 nitrogen and oxygen atoms in total. The van der Waals surface area contributed by atoms with E-state index in [0.29, 0.717) is 27.6 Å². The van der Waals surface area contributed by atoms with Gasteiger partial charge in [0.15, 0.2) is 22.3 Å². The number of halogens is 1. The van der Waals surface area contributed by atoms with Crippen LogP contribution < -0.4 is 11.3 Å². The normalized spacial score (nSPS) is 13.0. The Morgan fingerprint density at radius 1 is 0.594 bits per heavy atom. The summed E-state index contributed by atoms with van der Waals surface area (Å²) in [7, 11) is 0. The summed E-state index contributed by atoms with van der Waals surface area (Å²) >= 11 is 5.89. The number of aromatic nitrogens is 16. The van der Waals surface area contributed by atoms with Crippen molar-refractivity contribution in [2.75, 3.05) is 12.3 Å². The minimum Gasteiger partial charge on any atom is -0.382 e. The molecule has 0 aliphatic carbocycles. The van der Waals surface area contributed by atoms with Gasteiger partial charge in [0.25, 0.3) is 5.56 Å². The number of ketones is 1. The molecule has 0 fully saturated rings. The van der Waals surface area contributed by atoms with Gasteiger partial charge in [-0.1, -0.05) is 11.6 Å². The number of nitrogens with one attached hydrogen (secondary N) is 1. The van der Waals surface area contributed by atoms with Crippen LogP contribution >= 0.6 is 11.6 Å². The second-order valence-corrected chi connectivity index (χ2v) is 21.6. The van der Waals surface area contributed by atoms with Crippen LogP contribution in [0.2, 0.25) is 5.15 Å². The lowest BCUT2D eigenvalue weighted by Gasteiger charge is -2.23. The van der Waals surface area contributed by atoms with Crippen LogP contribution in [0.15, 0.2) is 84.8 Å². The van der Waals surface area contributed by atoms with E-state index in [4.69, 9.17) is 17.3 Å². The highest BCUT2D eigenvalue weighted by Crippen LogP contribution is 2.26. The molecule has 0 amide bonds. The molecule has 9 aromatic heterocycles. The van der Waals surface area contributed by atoms with Crippen molar-refractivity contribution in [3.63, 3.8) is 0 Å². The van der Waals surface area contributed by atoms with Gasteiger partial charge in [0.05, 0.1) is 54.4 Å². The first-order chi connectivity index (χ1) is 32.1. The number of nitrogens with two attached hydrogens (primary N) is 1. The van der Waals surface area contributed by atoms with Crippen LogP contribution in [0.4, 0.5) is 5.82 Å². The van der Waals surface area contributed by atoms with E-state index in [0.717, 1.165) is 39.2 Å². The molecule has 1 aliphatic rings. The summed E-state index contributed by atoms with van der Waals surface area (Å²) in [5.74, 6) is 0.496. The van der Waals surface area contributed by atoms with E-state index in [9.17, 15) is 9.59 Å². The van der Waals surface area contributed by atoms with Crippen LogP contribution in [0.25, 0.3) is 44.4 Å². The summed E-state index contributed by atoms with van der Waals surface area (Å²) in [5.41, 5.74) is 12.6. The maximum atomic E-state index is 11.4. The van der Waals surface area contributed by atoms with Crippen LogP contribution in [0.3, 0.4) is 0 Å². The van der Waals surface area contributed by atoms with Crippen molar-refractivity contribution in [2.24, 2.45) is 4.99 Å². The molecule has 0 spiro atoms. The van der Waals surface area contributed by atoms with Crippen LogP contribution in [-0.4, -0.2) is 96.2 Å². The number of Topliss-reactive ketones (excluding diaryl/α,β-unsaturated/α-hetero) is 1. The highest BCUT2D eigenvalue weighted by atomic mass is 35.5. The van der Waals surface area contributed by atoms with Crippen molar-refractivity contribution >= 4 is 73.8 Å². The Hall–Kier alpha value is -7.22. The Kier molecular flexibility index (Phi) is 14.4. The quantitative estimate of drug-likeness (QED) is 0.136. The van der Waals surface area contributed by atoms with Crippen LogP contribution in [0, 0.1) is 0 Å². The molecule has 10 rings (SSSR count). The lowest BCUT2D eigenvalue weighted by Crippen LogP contribution is -2.25. The van der Waals surface area contributed by atoms with Gasteiger partial charge < -0.3 is 33.6 Å². The number of hydrogen-bond acceptors (Lipinski definition) is 14. The zero-order chi connectivity index (χ0) is 50.9. The molecule has 0 saturated heterocycles. The van der Waals surface area contributed by atoms with Crippen LogP contribution in [0.1, 0.15) is 120 Å². The summed E-state index contributed by atoms with van der Waals surface area (Å²) in [5, 5.41) is 1.04. The minimum atomic E-state index is -0.0852. The van der Waals surface area contributed by atoms with Gasteiger partial charge in [0, 0.05) is 46.3 Å². The van der Waals surface area contributed by atoms with E-state index in [2.05, 4.69) is 168 Å². The first-order valence-corrected chi connectivity index (χ1v) is 22.7. The number of aromatic amines is 1. The first kappa shape index (κ1) is 51.2. The Labute approximate surface area is 405 Å². The van der Waals surface area contributed by atoms with Crippen LogP contribution in [0.5, 0.6) is 0 Å². The number of fused-ring (bicyclic) bond motifs is 5. The van der Waals surface area contributed by atoms with Crippen molar-refractivity contribution in [3.05, 3.63) is 102 Å². The second kappa shape index (κ2) is 19.4. The smallest absolute Gasteiger partial charge is 0.260 e. The number of nitrogens with zero attached hydrogens (tertiary/aromatic N) is 16. The Bertz CT molecular complexity index is 3220. The number of H-pyrrole nitrogens is 1. The van der Waals surface area contributed by atoms with E-state index in [-0.39, 0.29) is 45.6 Å². The molecule has 0 bridgehead atoms. The molecule has 21 heteroatoms. The van der Waals surface area contributed by atoms with Gasteiger partial charge in [-0.2, -0.15) is 0 Å². The molecule has 0 aromatic carbocycles. The maximum absolute atomic E-state index is 11.4. The Morgan fingerprint density at radius 2 is 1.17 bits per heavy atom. The van der Waals surface area contributed by atoms with Gasteiger partial charge in [-0.15, -0.1) is 0 Å². The highest BCUT2D eigenvalue weighted by molar-refractivity contribution is 6.33. The maximum Gasteiger partial charge on any atom is 0.260 e. The first-order valence-electron chi connectivity index (χ1n) is 22.3. The van der Waals surface area contributed by atoms with Crippen molar-refractivity contribution < 1.29 is 4.79 Å². The fourth-order valence-electron chi connectivity index (χ4n) is 7.08. The predicted octanol–water partition coefficient (Wildman–Crippen LogP) is 8.32. The topological polar surface area (TPSA) is 242 Å². The summed E-state index contributed by atoms with van der Waals surface area (Å²) < 4.78 is 10.1. The SMILES string of the molecule is CC(C)(C)n1ccc2c(=O)[nH]cnc21.CC(C)(C)n1cnc2c(Cl)ncnc21.CC(C)(C)n1cnc2c(N)nccc21.CC(C)(C)n1cnc2c1C=NCC2=O.CC(C)(C)n1cnc2cncnc21. The number of carbonyl (C=O) groups excluding carboxylic acids is 1. The summed E-state index contributed by atoms with van der Waals surface area (Å²) in [6, 6.07) is 3.73. The number of pyridine rings is 1. The molecule has 69 heavy (non-hydrogen) atoms. The fraction of sp³-hybridized carbons (Fsp3) is 0.438. The van der Waals surface area contributed by atoms with Gasteiger partial charge >= 0.3 is 0 Å². The summed E-state index contributed by atoms with van der Waals surface area (Å²) in [6.07, 6.45) is 18.6. The van der Waals surface area contributed by atoms with Gasteiger partial charge in [0.2, 0.25) is 5.78 Å². The van der Waals surface area contributed by atoms with Gasteiger partial charge in [-0.05, 0) is 116 Å². The van der Waals surface area contributed by atoms with Crippen molar-refractivity contribution in [1.29, 1.82) is 0 Å². The standard InChI is InChI=1S/C10H14N4.2C10H13N3O.C9H11ClN4.C9H12N4/c1-10(2,3)14-6-13-8-7(14)4-5-12-9(8)11;1-10(2,3)13-6-12-9-7(13)4-11-5-8(9)14;1-10(2,3)13-5-4-7-8(13)11-6-12-9(7)14;1-9(2,3)14-5-13-6-7(10)11-4-12-8(6)14;1-9(2,3)13-6-12-7-4-10-5-11-8(7)13/h4-6H,1-3H3,(H2,11,12);4,6H,5H2,1-3H3;4-6H,1-3H3,(H,11,12,14);4-5H,1-3H3;4-6H,1-3H3. The average molecular weight is 960 g/mol. The fourth-order valence-corrected chi connectivity index (χ4v) is 7.26. The number of carbonyl (C=O) groups is 1. The third-order valence-electron chi connectivity index (χ3n) is 10.6. The molecule has 0 saturated carbocycles. The minimum absolute atomic E-state index is 0.00509. The zero-order valence-electron chi connectivity index (χ0n) is 42.1. The summed E-state index contributed by atoms with van der Waals surface area (Å²) in [6.45, 7) is 31.7. The van der Waals surface area contributed by atoms with E-state index in [1.165, 1.54) is 12.7 Å². The predicted molar refractivity (Wildman–Crippen MR) is 272 cm³/mol. The number of nitrogen functional groups attached to an aromatic ring is 1. The van der Waals surface area contributed by atoms with Crippen LogP contribution in [-0.2, 0) is 27.7 Å². The molecule has 1 aliphatic heterocycles. The van der Waals surface area contributed by atoms with Crippen molar-refractivity contribution in [2.45, 2.75) is 132 Å². The molecule has 0 atom stereocenters. The van der Waals surface area contributed by atoms with E-state index in [1.54, 1.807) is 50.0 Å². The summed E-state index contributed by atoms with van der Waals surface area (Å²) in [4.78, 5) is 70.6. The Morgan fingerprint density at radius 3 is 1.83 bits per heavy atom. The largest absolute Gasteiger partial charge is 0.382 e. The lowest BCUT2D eigenvalue weighted by atomic mass is 10.1. The van der Waals surface area contributed by atoms with Crippen molar-refractivity contribution in [1.82, 2.24) is 77.7 Å². The highest BCUT2D eigenvalue weighted by Gasteiger charge is 2.25.